The van der Waals surface area contributed by atoms with Crippen molar-refractivity contribution >= 4 is 23.5 Å². The van der Waals surface area contributed by atoms with Gasteiger partial charge in [0.15, 0.2) is 16.6 Å². The first kappa shape index (κ1) is 16.2. The Labute approximate surface area is 123 Å². The molecule has 0 aliphatic rings. The first-order chi connectivity index (χ1) is 9.69. The number of benzene rings is 1. The highest BCUT2D eigenvalue weighted by Crippen LogP contribution is 2.27. The molecule has 0 fully saturated rings. The third-order valence-electron chi connectivity index (χ3n) is 2.43. The van der Waals surface area contributed by atoms with Crippen molar-refractivity contribution < 1.29 is 14.6 Å². The van der Waals surface area contributed by atoms with Crippen LogP contribution in [-0.2, 0) is 4.74 Å². The van der Waals surface area contributed by atoms with E-state index in [-0.39, 0.29) is 5.75 Å². The predicted octanol–water partition coefficient (Wildman–Crippen LogP) is 1.24. The smallest absolute Gasteiger partial charge is 0.186 e. The van der Waals surface area contributed by atoms with Crippen molar-refractivity contribution in [2.75, 3.05) is 27.4 Å². The molecule has 1 rings (SSSR count). The van der Waals surface area contributed by atoms with Gasteiger partial charge in [-0.3, -0.25) is 5.43 Å². The second-order valence-corrected chi connectivity index (χ2v) is 4.28. The molecule has 0 radical (unpaired) electrons. The SMILES string of the molecule is COCCCNC(=S)N/N=C\c1cccc(OC)c1O. The van der Waals surface area contributed by atoms with Crippen molar-refractivity contribution in [2.24, 2.45) is 5.10 Å². The Balaban J connectivity index is 2.43. The van der Waals surface area contributed by atoms with E-state index < -0.39 is 0 Å². The molecule has 0 aliphatic carbocycles. The summed E-state index contributed by atoms with van der Waals surface area (Å²) in [5.74, 6) is 0.439. The molecule has 1 aromatic carbocycles. The van der Waals surface area contributed by atoms with Gasteiger partial charge in [0, 0.05) is 25.8 Å². The van der Waals surface area contributed by atoms with Gasteiger partial charge in [-0.15, -0.1) is 0 Å². The summed E-state index contributed by atoms with van der Waals surface area (Å²) < 4.78 is 9.93. The molecule has 0 heterocycles. The molecule has 3 N–H and O–H groups in total. The zero-order valence-corrected chi connectivity index (χ0v) is 12.4. The third kappa shape index (κ3) is 5.41. The highest BCUT2D eigenvalue weighted by molar-refractivity contribution is 7.80. The number of thiocarbonyl (C=S) groups is 1. The fourth-order valence-corrected chi connectivity index (χ4v) is 1.58. The van der Waals surface area contributed by atoms with E-state index in [1.165, 1.54) is 13.3 Å². The lowest BCUT2D eigenvalue weighted by atomic mass is 10.2. The zero-order chi connectivity index (χ0) is 14.8. The van der Waals surface area contributed by atoms with E-state index in [4.69, 9.17) is 21.7 Å². The topological polar surface area (TPSA) is 75.1 Å². The van der Waals surface area contributed by atoms with E-state index in [1.54, 1.807) is 25.3 Å². The van der Waals surface area contributed by atoms with Crippen molar-refractivity contribution in [3.05, 3.63) is 23.8 Å². The number of phenolic OH excluding ortho intramolecular Hbond substituents is 1. The Hall–Kier alpha value is -1.86. The Morgan fingerprint density at radius 3 is 2.95 bits per heavy atom. The van der Waals surface area contributed by atoms with Crippen LogP contribution in [-0.4, -0.2) is 43.8 Å². The van der Waals surface area contributed by atoms with Crippen LogP contribution in [0.4, 0.5) is 0 Å². The first-order valence-electron chi connectivity index (χ1n) is 6.11. The highest BCUT2D eigenvalue weighted by Gasteiger charge is 2.04. The highest BCUT2D eigenvalue weighted by atomic mass is 32.1. The summed E-state index contributed by atoms with van der Waals surface area (Å²) >= 11 is 5.04. The molecule has 0 bridgehead atoms. The van der Waals surface area contributed by atoms with E-state index in [2.05, 4.69) is 15.8 Å². The fourth-order valence-electron chi connectivity index (χ4n) is 1.43. The van der Waals surface area contributed by atoms with Crippen LogP contribution in [0.25, 0.3) is 0 Å². The number of phenols is 1. The molecule has 110 valence electrons. The molecule has 0 atom stereocenters. The number of methoxy groups -OCH3 is 2. The Morgan fingerprint density at radius 1 is 1.45 bits per heavy atom. The van der Waals surface area contributed by atoms with E-state index in [0.717, 1.165) is 6.42 Å². The number of nitrogens with one attached hydrogen (secondary N) is 2. The van der Waals surface area contributed by atoms with Crippen molar-refractivity contribution in [1.29, 1.82) is 0 Å². The van der Waals surface area contributed by atoms with Crippen molar-refractivity contribution in [3.8, 4) is 11.5 Å². The van der Waals surface area contributed by atoms with Crippen LogP contribution in [0.1, 0.15) is 12.0 Å². The van der Waals surface area contributed by atoms with Crippen LogP contribution < -0.4 is 15.5 Å². The molecule has 0 aromatic heterocycles. The summed E-state index contributed by atoms with van der Waals surface area (Å²) in [6.07, 6.45) is 2.33. The summed E-state index contributed by atoms with van der Waals surface area (Å²) in [5, 5.41) is 17.2. The molecule has 0 amide bonds. The molecule has 20 heavy (non-hydrogen) atoms. The minimum Gasteiger partial charge on any atom is -0.504 e. The van der Waals surface area contributed by atoms with Crippen molar-refractivity contribution in [1.82, 2.24) is 10.7 Å². The fraction of sp³-hybridized carbons (Fsp3) is 0.385. The van der Waals surface area contributed by atoms with Gasteiger partial charge in [0.1, 0.15) is 0 Å². The molecule has 0 unspecified atom stereocenters. The molecule has 0 saturated heterocycles. The number of nitrogens with zero attached hydrogens (tertiary/aromatic N) is 1. The van der Waals surface area contributed by atoms with E-state index in [9.17, 15) is 5.11 Å². The minimum absolute atomic E-state index is 0.0412. The largest absolute Gasteiger partial charge is 0.504 e. The zero-order valence-electron chi connectivity index (χ0n) is 11.5. The molecule has 0 saturated carbocycles. The number of rotatable bonds is 7. The Morgan fingerprint density at radius 2 is 2.25 bits per heavy atom. The lowest BCUT2D eigenvalue weighted by Crippen LogP contribution is -2.33. The van der Waals surface area contributed by atoms with Gasteiger partial charge in [-0.2, -0.15) is 5.10 Å². The number of hydrazone groups is 1. The predicted molar refractivity (Wildman–Crippen MR) is 82.5 cm³/mol. The van der Waals surface area contributed by atoms with Gasteiger partial charge in [0.05, 0.1) is 13.3 Å². The van der Waals surface area contributed by atoms with Crippen LogP contribution in [0.2, 0.25) is 0 Å². The molecular weight excluding hydrogens is 278 g/mol. The number of ether oxygens (including phenoxy) is 2. The molecule has 7 heteroatoms. The summed E-state index contributed by atoms with van der Waals surface area (Å²) in [6, 6.07) is 5.15. The van der Waals surface area contributed by atoms with Crippen LogP contribution in [0.15, 0.2) is 23.3 Å². The minimum atomic E-state index is 0.0412. The van der Waals surface area contributed by atoms with Gasteiger partial charge < -0.3 is 19.9 Å². The lowest BCUT2D eigenvalue weighted by molar-refractivity contribution is 0.195. The second kappa shape index (κ2) is 9.11. The maximum absolute atomic E-state index is 9.85. The number of hydrogen-bond acceptors (Lipinski definition) is 5. The van der Waals surface area contributed by atoms with Gasteiger partial charge in [0.25, 0.3) is 0 Å². The first-order valence-corrected chi connectivity index (χ1v) is 6.51. The van der Waals surface area contributed by atoms with Crippen molar-refractivity contribution in [3.63, 3.8) is 0 Å². The average Bonchev–Trinajstić information content (AvgIpc) is 2.45. The van der Waals surface area contributed by atoms with Gasteiger partial charge in [-0.25, -0.2) is 0 Å². The van der Waals surface area contributed by atoms with Gasteiger partial charge >= 0.3 is 0 Å². The van der Waals surface area contributed by atoms with Crippen molar-refractivity contribution in [2.45, 2.75) is 6.42 Å². The maximum atomic E-state index is 9.85. The summed E-state index contributed by atoms with van der Waals surface area (Å²) in [6.45, 7) is 1.39. The Kier molecular flexibility index (Phi) is 7.38. The molecule has 0 spiro atoms. The van der Waals surface area contributed by atoms with Gasteiger partial charge in [0.2, 0.25) is 0 Å². The molecular formula is C13H19N3O3S. The monoisotopic (exact) mass is 297 g/mol. The van der Waals surface area contributed by atoms with Gasteiger partial charge in [-0.1, -0.05) is 6.07 Å². The van der Waals surface area contributed by atoms with E-state index in [0.29, 0.717) is 29.6 Å². The molecule has 1 aromatic rings. The lowest BCUT2D eigenvalue weighted by Gasteiger charge is -2.07. The number of aromatic hydroxyl groups is 1. The average molecular weight is 297 g/mol. The number of para-hydroxylation sites is 1. The molecule has 0 aliphatic heterocycles. The standard InChI is InChI=1S/C13H19N3O3S/c1-18-8-4-7-14-13(20)16-15-9-10-5-3-6-11(19-2)12(10)17/h3,5-6,9,17H,4,7-8H2,1-2H3,(H2,14,16,20)/b15-9-. The number of hydrogen-bond donors (Lipinski definition) is 3. The Bertz CT molecular complexity index is 466. The van der Waals surface area contributed by atoms with Crippen LogP contribution in [0.5, 0.6) is 11.5 Å². The van der Waals surface area contributed by atoms with E-state index >= 15 is 0 Å². The van der Waals surface area contributed by atoms with Crippen LogP contribution in [0.3, 0.4) is 0 Å². The van der Waals surface area contributed by atoms with Crippen LogP contribution in [0, 0.1) is 0 Å². The summed E-state index contributed by atoms with van der Waals surface area (Å²) in [7, 11) is 3.15. The third-order valence-corrected chi connectivity index (χ3v) is 2.67. The quantitative estimate of drug-likeness (QED) is 0.304. The van der Waals surface area contributed by atoms with E-state index in [1.807, 2.05) is 0 Å². The summed E-state index contributed by atoms with van der Waals surface area (Å²) in [4.78, 5) is 0. The second-order valence-electron chi connectivity index (χ2n) is 3.87. The summed E-state index contributed by atoms with van der Waals surface area (Å²) in [5.41, 5.74) is 3.21. The molecule has 6 nitrogen and oxygen atoms in total. The van der Waals surface area contributed by atoms with Crippen LogP contribution >= 0.6 is 12.2 Å². The maximum Gasteiger partial charge on any atom is 0.186 e. The van der Waals surface area contributed by atoms with Gasteiger partial charge in [-0.05, 0) is 30.8 Å². The normalized spacial score (nSPS) is 10.5.